The van der Waals surface area contributed by atoms with E-state index in [1.54, 1.807) is 132 Å². The van der Waals surface area contributed by atoms with Gasteiger partial charge in [0.05, 0.1) is 38.1 Å². The Hall–Kier alpha value is -10.9. The molecule has 3 aromatic carbocycles. The van der Waals surface area contributed by atoms with Gasteiger partial charge >= 0.3 is 24.1 Å². The summed E-state index contributed by atoms with van der Waals surface area (Å²) in [5.74, 6) is -7.27. The maximum absolute atomic E-state index is 15.4. The number of rotatable bonds is 23. The van der Waals surface area contributed by atoms with Crippen LogP contribution in [0.25, 0.3) is 10.9 Å². The van der Waals surface area contributed by atoms with Crippen molar-refractivity contribution in [2.75, 3.05) is 72.5 Å². The second kappa shape index (κ2) is 42.8. The number of terminal acetylenes is 1. The molecule has 3 aliphatic heterocycles. The summed E-state index contributed by atoms with van der Waals surface area (Å²) in [4.78, 5) is 208. The molecular weight excluding hydrogens is 1460 g/mol. The number of carbonyl (C=O) groups is 14. The standard InChI is InChI=1S/C83H116N14O17/c1-13-17-18-22-31-60-74(105)90-62(47-57-52-97(80(111)114-82(8,9)10)64-33-24-23-30-58(57)64)72(103)86-50-68(99)88-59(32-25-26-39-84-79(110)95-43-41-94(42-44-95)53-71(102)112-81(5,6)7)73(104)92-63(48-70(101)113-83(11,15-3)16-4)78(109)96-40-27-34-65(96)76(107)87-49-67(98)85-51-69(100)93(12)66(46-55-28-20-19-21-29-55)77(108)91-61(75(106)89-60)45-56-37-35-54(14-2)36-38-56/h2,19-21,23-24,28-30,33,35-38,52,59-63,65-66H,13,15-18,22,25-27,31-32,34,39-51,53H2,1,3-12H3,(H,84,110)(H,85,98)(H,86,103)(H,87,107)(H,88,99)(H,89,106)(H,90,105)(H,91,108)(H,92,104)/t59-,60-,61-,62-,63-,65+,66-/m0/s1. The first-order chi connectivity index (χ1) is 54.1. The number of hydrogen-bond acceptors (Lipinski definition) is 18. The molecule has 0 unspecified atom stereocenters. The minimum absolute atomic E-state index is 0.0159. The third-order valence-corrected chi connectivity index (χ3v) is 20.3. The van der Waals surface area contributed by atoms with E-state index in [0.29, 0.717) is 85.0 Å². The molecule has 0 aliphatic carbocycles. The van der Waals surface area contributed by atoms with Crippen molar-refractivity contribution in [1.82, 2.24) is 72.0 Å². The number of esters is 2. The van der Waals surface area contributed by atoms with E-state index in [0.717, 1.165) is 17.7 Å². The van der Waals surface area contributed by atoms with Gasteiger partial charge in [0.1, 0.15) is 59.1 Å². The number of nitrogens with zero attached hydrogens (tertiary/aromatic N) is 5. The zero-order valence-electron chi connectivity index (χ0n) is 67.8. The molecule has 4 aromatic rings. The Balaban J connectivity index is 1.27. The molecule has 4 heterocycles. The van der Waals surface area contributed by atoms with Crippen molar-refractivity contribution in [2.24, 2.45) is 0 Å². The second-order valence-electron chi connectivity index (χ2n) is 31.5. The van der Waals surface area contributed by atoms with Gasteiger partial charge in [0.2, 0.25) is 59.1 Å². The number of benzene rings is 3. The van der Waals surface area contributed by atoms with Gasteiger partial charge in [-0.15, -0.1) is 6.42 Å². The van der Waals surface area contributed by atoms with E-state index < -0.39 is 156 Å². The molecular formula is C83H116N14O17. The molecule has 0 saturated carbocycles. The summed E-state index contributed by atoms with van der Waals surface area (Å²) >= 11 is 0. The lowest BCUT2D eigenvalue weighted by molar-refractivity contribution is -0.161. The first-order valence-electron chi connectivity index (χ1n) is 39.6. The van der Waals surface area contributed by atoms with Crippen LogP contribution in [0.5, 0.6) is 0 Å². The van der Waals surface area contributed by atoms with Crippen LogP contribution >= 0.6 is 0 Å². The molecule has 9 N–H and O–H groups in total. The number of carbonyl (C=O) groups excluding carboxylic acids is 14. The van der Waals surface area contributed by atoms with E-state index >= 15 is 28.8 Å². The first kappa shape index (κ1) is 90.3. The Morgan fingerprint density at radius 3 is 1.78 bits per heavy atom. The average Bonchev–Trinajstić information content (AvgIpc) is 1.63. The molecule has 31 heteroatoms. The minimum Gasteiger partial charge on any atom is -0.459 e. The monoisotopic (exact) mass is 1580 g/mol. The van der Waals surface area contributed by atoms with Crippen LogP contribution in [0, 0.1) is 12.3 Å². The number of unbranched alkanes of at least 4 members (excludes halogenated alkanes) is 4. The smallest absolute Gasteiger partial charge is 0.419 e. The van der Waals surface area contributed by atoms with Gasteiger partial charge in [0, 0.05) is 82.7 Å². The highest BCUT2D eigenvalue weighted by Crippen LogP contribution is 2.27. The summed E-state index contributed by atoms with van der Waals surface area (Å²) in [6.45, 7) is 17.2. The van der Waals surface area contributed by atoms with E-state index in [-0.39, 0.29) is 89.4 Å². The van der Waals surface area contributed by atoms with Crippen LogP contribution in [0.2, 0.25) is 0 Å². The van der Waals surface area contributed by atoms with E-state index in [1.807, 2.05) is 25.7 Å². The normalized spacial score (nSPS) is 21.0. The summed E-state index contributed by atoms with van der Waals surface area (Å²) in [5, 5.41) is 25.0. The van der Waals surface area contributed by atoms with Gasteiger partial charge in [0.25, 0.3) is 0 Å². The van der Waals surface area contributed by atoms with Gasteiger partial charge in [-0.2, -0.15) is 0 Å². The number of urea groups is 1. The largest absolute Gasteiger partial charge is 0.459 e. The zero-order chi connectivity index (χ0) is 83.5. The number of nitrogens with one attached hydrogen (secondary N) is 9. The SMILES string of the molecule is C#Cc1ccc(C[C@@H]2NC(=O)[C@H](Cc3ccccc3)N(C)C(=O)CNC(=O)CNC(=O)[C@H]3CCCN3C(=O)[C@H](CC(=O)OC(C)(CC)CC)NC(=O)[C@H](CCCCNC(=O)N3CCN(CC(=O)OC(C)(C)C)CC3)NC(=O)CNC(=O)[C@H](Cc3cn(C(=O)OC(C)(C)C)c4ccccc34)NC(=O)[C@H](CCCCCC)NC2=O)cc1. The predicted octanol–water partition coefficient (Wildman–Crippen LogP) is 4.36. The summed E-state index contributed by atoms with van der Waals surface area (Å²) in [6.07, 6.45) is 9.06. The van der Waals surface area contributed by atoms with Crippen molar-refractivity contribution in [3.8, 4) is 12.3 Å². The van der Waals surface area contributed by atoms with Gasteiger partial charge in [-0.25, -0.2) is 9.59 Å². The van der Waals surface area contributed by atoms with Crippen LogP contribution in [0.1, 0.15) is 175 Å². The van der Waals surface area contributed by atoms with Crippen LogP contribution in [0.4, 0.5) is 9.59 Å². The van der Waals surface area contributed by atoms with Gasteiger partial charge in [0.15, 0.2) is 0 Å². The van der Waals surface area contributed by atoms with Crippen molar-refractivity contribution in [3.63, 3.8) is 0 Å². The maximum Gasteiger partial charge on any atom is 0.419 e. The molecule has 31 nitrogen and oxygen atoms in total. The van der Waals surface area contributed by atoms with E-state index in [4.69, 9.17) is 20.6 Å². The lowest BCUT2D eigenvalue weighted by Crippen LogP contribution is -2.60. The molecule has 3 fully saturated rings. The fraction of sp³-hybridized carbons (Fsp3) is 0.566. The molecule has 12 amide bonds. The number of amides is 12. The Bertz CT molecular complexity index is 4080. The fourth-order valence-corrected chi connectivity index (χ4v) is 13.5. The lowest BCUT2D eigenvalue weighted by atomic mass is 9.99. The molecule has 3 aliphatic rings. The van der Waals surface area contributed by atoms with Crippen LogP contribution in [-0.4, -0.2) is 239 Å². The Morgan fingerprint density at radius 2 is 1.13 bits per heavy atom. The van der Waals surface area contributed by atoms with Crippen LogP contribution in [0.3, 0.4) is 0 Å². The summed E-state index contributed by atoms with van der Waals surface area (Å²) < 4.78 is 18.5. The van der Waals surface area contributed by atoms with Crippen molar-refractivity contribution < 1.29 is 81.3 Å². The molecule has 0 radical (unpaired) electrons. The van der Waals surface area contributed by atoms with Crippen molar-refractivity contribution >= 4 is 94.0 Å². The lowest BCUT2D eigenvalue weighted by Gasteiger charge is -2.34. The number of para-hydroxylation sites is 1. The number of aromatic nitrogens is 1. The van der Waals surface area contributed by atoms with Crippen LogP contribution in [-0.2, 0) is 91.0 Å². The van der Waals surface area contributed by atoms with Gasteiger partial charge in [-0.1, -0.05) is 113 Å². The summed E-state index contributed by atoms with van der Waals surface area (Å²) in [5.41, 5.74) is -0.150. The first-order valence-corrected chi connectivity index (χ1v) is 39.6. The molecule has 0 spiro atoms. The topological polar surface area (TPSA) is 393 Å². The number of piperazine rings is 1. The van der Waals surface area contributed by atoms with Crippen LogP contribution < -0.4 is 47.9 Å². The Labute approximate surface area is 667 Å². The Kier molecular flexibility index (Phi) is 33.9. The third kappa shape index (κ3) is 28.0. The molecule has 7 rings (SSSR count). The molecule has 0 bridgehead atoms. The number of fused-ring (bicyclic) bond motifs is 2. The highest BCUT2D eigenvalue weighted by atomic mass is 16.6. The van der Waals surface area contributed by atoms with Gasteiger partial charge in [-0.3, -0.25) is 67.0 Å². The third-order valence-electron chi connectivity index (χ3n) is 20.3. The fourth-order valence-electron chi connectivity index (χ4n) is 13.5. The quantitative estimate of drug-likeness (QED) is 0.0215. The molecule has 3 saturated heterocycles. The maximum atomic E-state index is 15.4. The molecule has 620 valence electrons. The van der Waals surface area contributed by atoms with Gasteiger partial charge < -0.3 is 76.8 Å². The number of ether oxygens (including phenoxy) is 3. The highest BCUT2D eigenvalue weighted by Gasteiger charge is 2.42. The highest BCUT2D eigenvalue weighted by molar-refractivity contribution is 6.00. The van der Waals surface area contributed by atoms with E-state index in [9.17, 15) is 38.4 Å². The van der Waals surface area contributed by atoms with Gasteiger partial charge in [-0.05, 0) is 135 Å². The molecule has 7 atom stereocenters. The summed E-state index contributed by atoms with van der Waals surface area (Å²) in [6, 6.07) is 11.5. The van der Waals surface area contributed by atoms with Crippen molar-refractivity contribution in [3.05, 3.63) is 107 Å². The Morgan fingerprint density at radius 1 is 0.553 bits per heavy atom. The summed E-state index contributed by atoms with van der Waals surface area (Å²) in [7, 11) is 1.35. The predicted molar refractivity (Wildman–Crippen MR) is 425 cm³/mol. The molecule has 114 heavy (non-hydrogen) atoms. The number of hydrogen-bond donors (Lipinski definition) is 9. The molecule has 1 aromatic heterocycles. The van der Waals surface area contributed by atoms with Crippen molar-refractivity contribution in [2.45, 2.75) is 231 Å². The number of likely N-dealkylation sites (N-methyl/N-ethyl adjacent to an activating group) is 1. The zero-order valence-corrected chi connectivity index (χ0v) is 67.8. The van der Waals surface area contributed by atoms with E-state index in [1.165, 1.54) is 22.7 Å². The minimum atomic E-state index is -1.72. The second-order valence-corrected chi connectivity index (χ2v) is 31.5. The van der Waals surface area contributed by atoms with Crippen molar-refractivity contribution in [1.29, 1.82) is 0 Å². The average molecular weight is 1580 g/mol. The van der Waals surface area contributed by atoms with E-state index in [2.05, 4.69) is 53.8 Å². The van der Waals surface area contributed by atoms with Crippen LogP contribution in [0.15, 0.2) is 85.1 Å².